The van der Waals surface area contributed by atoms with Crippen LogP contribution in [0.3, 0.4) is 0 Å². The van der Waals surface area contributed by atoms with E-state index in [2.05, 4.69) is 168 Å². The zero-order chi connectivity index (χ0) is 39.2. The Labute approximate surface area is 338 Å². The smallest absolute Gasteiger partial charge is 0.252 e. The van der Waals surface area contributed by atoms with E-state index in [1.165, 1.54) is 83.6 Å². The van der Waals surface area contributed by atoms with Crippen molar-refractivity contribution in [3.8, 4) is 22.6 Å². The minimum atomic E-state index is -0.0161. The Bertz CT molecular complexity index is 2690. The fraction of sp³-hybridized carbons (Fsp3) is 0.308. The molecule has 3 aliphatic heterocycles. The summed E-state index contributed by atoms with van der Waals surface area (Å²) in [6.45, 7) is 19.1. The Morgan fingerprint density at radius 1 is 0.596 bits per heavy atom. The summed E-state index contributed by atoms with van der Waals surface area (Å²) in [6.07, 6.45) is 4.41. The lowest BCUT2D eigenvalue weighted by molar-refractivity contribution is 0.174. The van der Waals surface area contributed by atoms with Crippen molar-refractivity contribution in [2.45, 2.75) is 86.5 Å². The number of aryl methyl sites for hydroxylation is 1. The maximum absolute atomic E-state index is 6.52. The summed E-state index contributed by atoms with van der Waals surface area (Å²) in [7, 11) is 0. The molecule has 3 heterocycles. The number of hydrogen-bond acceptors (Lipinski definition) is 4. The van der Waals surface area contributed by atoms with Crippen molar-refractivity contribution in [1.29, 1.82) is 0 Å². The lowest BCUT2D eigenvalue weighted by atomic mass is 9.33. The summed E-state index contributed by atoms with van der Waals surface area (Å²) in [5.41, 5.74) is 22.6. The first-order chi connectivity index (χ1) is 27.2. The van der Waals surface area contributed by atoms with Gasteiger partial charge >= 0.3 is 0 Å². The van der Waals surface area contributed by atoms with Crippen LogP contribution in [-0.2, 0) is 31.1 Å². The van der Waals surface area contributed by atoms with E-state index in [1.54, 1.807) is 0 Å². The molecule has 0 saturated carbocycles. The third-order valence-corrected chi connectivity index (χ3v) is 13.3. The second-order valence-corrected chi connectivity index (χ2v) is 20.1. The molecule has 0 saturated heterocycles. The van der Waals surface area contributed by atoms with Gasteiger partial charge in [0.1, 0.15) is 0 Å². The van der Waals surface area contributed by atoms with Crippen LogP contribution < -0.4 is 35.7 Å². The largest absolute Gasteiger partial charge is 0.454 e. The minimum Gasteiger partial charge on any atom is -0.454 e. The fourth-order valence-corrected chi connectivity index (χ4v) is 10.9. The number of ether oxygens (including phenoxy) is 2. The minimum absolute atomic E-state index is 0.0130. The third-order valence-electron chi connectivity index (χ3n) is 13.3. The Balaban J connectivity index is 1.23. The molecular weight excluding hydrogens is 695 g/mol. The maximum atomic E-state index is 6.52. The van der Waals surface area contributed by atoms with Crippen molar-refractivity contribution in [2.24, 2.45) is 10.8 Å². The summed E-state index contributed by atoms with van der Waals surface area (Å²) in [6, 6.07) is 39.8. The van der Waals surface area contributed by atoms with Crippen molar-refractivity contribution in [3.63, 3.8) is 0 Å². The molecule has 4 nitrogen and oxygen atoms in total. The van der Waals surface area contributed by atoms with Gasteiger partial charge in [-0.1, -0.05) is 103 Å². The van der Waals surface area contributed by atoms with Crippen molar-refractivity contribution in [2.75, 3.05) is 16.6 Å². The van der Waals surface area contributed by atoms with E-state index in [0.717, 1.165) is 48.6 Å². The predicted molar refractivity (Wildman–Crippen MR) is 238 cm³/mol. The normalized spacial score (nSPS) is 17.6. The Morgan fingerprint density at radius 3 is 2.02 bits per heavy atom. The molecule has 0 spiro atoms. The molecule has 0 bridgehead atoms. The molecule has 2 aliphatic carbocycles. The van der Waals surface area contributed by atoms with Crippen LogP contribution in [0.2, 0.25) is 0 Å². The average molecular weight is 747 g/mol. The molecule has 0 unspecified atom stereocenters. The van der Waals surface area contributed by atoms with Gasteiger partial charge in [0.25, 0.3) is 6.71 Å². The Morgan fingerprint density at radius 2 is 1.28 bits per heavy atom. The van der Waals surface area contributed by atoms with E-state index in [1.807, 2.05) is 0 Å². The van der Waals surface area contributed by atoms with Crippen molar-refractivity contribution in [3.05, 3.63) is 137 Å². The molecule has 0 N–H and O–H groups in total. The first-order valence-corrected chi connectivity index (χ1v) is 20.9. The molecule has 284 valence electrons. The van der Waals surface area contributed by atoms with Crippen LogP contribution >= 0.6 is 0 Å². The Hall–Kier alpha value is -5.42. The summed E-state index contributed by atoms with van der Waals surface area (Å²) in [4.78, 5) is 5.14. The second kappa shape index (κ2) is 11.8. The van der Waals surface area contributed by atoms with E-state index < -0.39 is 0 Å². The van der Waals surface area contributed by atoms with Crippen molar-refractivity contribution in [1.82, 2.24) is 0 Å². The fourth-order valence-electron chi connectivity index (χ4n) is 10.9. The number of rotatable bonds is 3. The van der Waals surface area contributed by atoms with Crippen LogP contribution in [0.4, 0.5) is 34.1 Å². The van der Waals surface area contributed by atoms with Gasteiger partial charge < -0.3 is 19.3 Å². The maximum Gasteiger partial charge on any atom is 0.252 e. The molecule has 0 aromatic heterocycles. The monoisotopic (exact) mass is 746 g/mol. The highest BCUT2D eigenvalue weighted by atomic mass is 16.7. The molecule has 0 atom stereocenters. The Kier molecular flexibility index (Phi) is 7.22. The van der Waals surface area contributed by atoms with E-state index in [0.29, 0.717) is 0 Å². The SMILES string of the molecule is Cc1cc2c3c(c1)N(c1ccc(C(C)(C)C)cc1-c1ccccc1)c1c(ccc4c1OCO4)B3c1cc3c(cc1N2c1ccc2c(c1)CC(C)(C)C2)CC(C)(C)C3. The second-order valence-electron chi connectivity index (χ2n) is 20.1. The molecule has 0 amide bonds. The van der Waals surface area contributed by atoms with Crippen molar-refractivity contribution >= 4 is 57.2 Å². The van der Waals surface area contributed by atoms with E-state index in [4.69, 9.17) is 9.47 Å². The first kappa shape index (κ1) is 34.8. The molecule has 5 aliphatic rings. The van der Waals surface area contributed by atoms with Gasteiger partial charge in [0, 0.05) is 28.3 Å². The van der Waals surface area contributed by atoms with E-state index >= 15 is 0 Å². The van der Waals surface area contributed by atoms with Crippen LogP contribution in [0.25, 0.3) is 11.1 Å². The highest BCUT2D eigenvalue weighted by Crippen LogP contribution is 2.53. The topological polar surface area (TPSA) is 24.9 Å². The number of nitrogens with zero attached hydrogens (tertiary/aromatic N) is 2. The van der Waals surface area contributed by atoms with Gasteiger partial charge in [-0.3, -0.25) is 0 Å². The molecule has 6 aromatic carbocycles. The van der Waals surface area contributed by atoms with Gasteiger partial charge in [-0.15, -0.1) is 0 Å². The molecule has 0 fully saturated rings. The first-order valence-electron chi connectivity index (χ1n) is 20.9. The third kappa shape index (κ3) is 5.34. The number of fused-ring (bicyclic) bond motifs is 8. The van der Waals surface area contributed by atoms with Gasteiger partial charge in [-0.05, 0) is 153 Å². The molecule has 6 aromatic rings. The van der Waals surface area contributed by atoms with Crippen LogP contribution in [0.1, 0.15) is 81.8 Å². The number of anilines is 6. The molecule has 0 radical (unpaired) electrons. The summed E-state index contributed by atoms with van der Waals surface area (Å²) in [5, 5.41) is 0. The van der Waals surface area contributed by atoms with Gasteiger partial charge in [0.2, 0.25) is 6.79 Å². The zero-order valence-electron chi connectivity index (χ0n) is 34.6. The predicted octanol–water partition coefficient (Wildman–Crippen LogP) is 11.0. The van der Waals surface area contributed by atoms with E-state index in [-0.39, 0.29) is 29.8 Å². The molecular formula is C52H51BN2O2. The molecule has 11 rings (SSSR count). The van der Waals surface area contributed by atoms with Gasteiger partial charge in [-0.25, -0.2) is 0 Å². The highest BCUT2D eigenvalue weighted by Gasteiger charge is 2.47. The van der Waals surface area contributed by atoms with Crippen LogP contribution in [0.15, 0.2) is 103 Å². The molecule has 57 heavy (non-hydrogen) atoms. The van der Waals surface area contributed by atoms with Gasteiger partial charge in [0.05, 0.1) is 11.4 Å². The van der Waals surface area contributed by atoms with Gasteiger partial charge in [0.15, 0.2) is 11.5 Å². The zero-order valence-corrected chi connectivity index (χ0v) is 34.6. The molecule has 5 heteroatoms. The highest BCUT2D eigenvalue weighted by molar-refractivity contribution is 7.00. The van der Waals surface area contributed by atoms with Gasteiger partial charge in [-0.2, -0.15) is 0 Å². The van der Waals surface area contributed by atoms with E-state index in [9.17, 15) is 0 Å². The van der Waals surface area contributed by atoms with Crippen LogP contribution in [-0.4, -0.2) is 13.5 Å². The number of benzene rings is 6. The summed E-state index contributed by atoms with van der Waals surface area (Å²) in [5.74, 6) is 1.63. The summed E-state index contributed by atoms with van der Waals surface area (Å²) >= 11 is 0. The lowest BCUT2D eigenvalue weighted by Crippen LogP contribution is -2.61. The van der Waals surface area contributed by atoms with Crippen LogP contribution in [0, 0.1) is 17.8 Å². The quantitative estimate of drug-likeness (QED) is 0.168. The number of hydrogen-bond donors (Lipinski definition) is 0. The average Bonchev–Trinajstić information content (AvgIpc) is 3.85. The van der Waals surface area contributed by atoms with Crippen molar-refractivity contribution < 1.29 is 9.47 Å². The van der Waals surface area contributed by atoms with Crippen LogP contribution in [0.5, 0.6) is 11.5 Å². The standard InChI is InChI=1S/C52H51BN2O2/c1-31-20-44-47-45(21-31)55(42-18-15-37(50(2,3)4)25-39(42)32-12-10-9-11-13-32)48-40(17-19-46-49(48)57-30-56-46)53(47)41-23-35-28-52(7,8)29-36(35)24-43(41)54(44)38-16-14-33-26-51(5,6)27-34(33)22-38/h9-25H,26-30H2,1-8H3. The summed E-state index contributed by atoms with van der Waals surface area (Å²) < 4.78 is 12.7. The lowest BCUT2D eigenvalue weighted by Gasteiger charge is -2.45.